The Morgan fingerprint density at radius 1 is 1.18 bits per heavy atom. The summed E-state index contributed by atoms with van der Waals surface area (Å²) >= 11 is 3.48. The highest BCUT2D eigenvalue weighted by Crippen LogP contribution is 2.26. The number of carbonyl (C=O) groups excluding carboxylic acids is 2. The number of hydrogen-bond donors (Lipinski definition) is 0. The molecular weight excluding hydrogens is 422 g/mol. The van der Waals surface area contributed by atoms with Gasteiger partial charge in [-0.25, -0.2) is 9.59 Å². The lowest BCUT2D eigenvalue weighted by Gasteiger charge is -2.39. The van der Waals surface area contributed by atoms with Crippen molar-refractivity contribution in [2.75, 3.05) is 37.6 Å². The molecule has 2 heterocycles. The van der Waals surface area contributed by atoms with Crippen molar-refractivity contribution in [2.45, 2.75) is 45.6 Å². The van der Waals surface area contributed by atoms with Crippen LogP contribution in [0, 0.1) is 5.92 Å². The molecule has 0 aromatic heterocycles. The van der Waals surface area contributed by atoms with Gasteiger partial charge in [-0.1, -0.05) is 22.0 Å². The smallest absolute Gasteiger partial charge is 0.410 e. The molecule has 1 aromatic carbocycles. The first-order chi connectivity index (χ1) is 13.2. The summed E-state index contributed by atoms with van der Waals surface area (Å²) in [5.41, 5.74) is 0.466. The normalized spacial score (nSPS) is 19.1. The van der Waals surface area contributed by atoms with Crippen molar-refractivity contribution in [1.82, 2.24) is 9.80 Å². The molecule has 2 fully saturated rings. The number of urea groups is 1. The summed E-state index contributed by atoms with van der Waals surface area (Å²) < 4.78 is 6.44. The van der Waals surface area contributed by atoms with E-state index in [1.807, 2.05) is 54.8 Å². The van der Waals surface area contributed by atoms with Crippen molar-refractivity contribution in [3.8, 4) is 0 Å². The molecule has 1 aromatic rings. The minimum absolute atomic E-state index is 0.0823. The molecular formula is C21H30BrN3O3. The summed E-state index contributed by atoms with van der Waals surface area (Å²) in [5.74, 6) is 0.421. The van der Waals surface area contributed by atoms with Crippen LogP contribution in [-0.2, 0) is 4.74 Å². The van der Waals surface area contributed by atoms with Gasteiger partial charge in [0.2, 0.25) is 0 Å². The van der Waals surface area contributed by atoms with Crippen LogP contribution in [-0.4, -0.2) is 60.2 Å². The van der Waals surface area contributed by atoms with E-state index < -0.39 is 5.60 Å². The van der Waals surface area contributed by atoms with Crippen LogP contribution in [0.3, 0.4) is 0 Å². The Hall–Kier alpha value is -1.76. The van der Waals surface area contributed by atoms with Crippen molar-refractivity contribution in [1.29, 1.82) is 0 Å². The number of nitrogens with zero attached hydrogens (tertiary/aromatic N) is 3. The van der Waals surface area contributed by atoms with Crippen LogP contribution in [0.25, 0.3) is 0 Å². The lowest BCUT2D eigenvalue weighted by atomic mass is 9.96. The molecule has 2 aliphatic heterocycles. The topological polar surface area (TPSA) is 53.1 Å². The van der Waals surface area contributed by atoms with E-state index in [0.29, 0.717) is 19.0 Å². The Kier molecular flexibility index (Phi) is 6.53. The SMILES string of the molecule is CC(C)(C)OC(=O)N1CCC(CN2CCCN(c3cccc(Br)c3)C2=O)CC1. The largest absolute Gasteiger partial charge is 0.444 e. The van der Waals surface area contributed by atoms with Crippen molar-refractivity contribution >= 4 is 33.7 Å². The molecule has 7 heteroatoms. The third kappa shape index (κ3) is 5.40. The summed E-state index contributed by atoms with van der Waals surface area (Å²) in [4.78, 5) is 30.8. The standard InChI is InChI=1S/C21H30BrN3O3/c1-21(2,3)28-20(27)23-12-8-16(9-13-23)15-24-10-5-11-25(19(24)26)18-7-4-6-17(22)14-18/h4,6-7,14,16H,5,8-13,15H2,1-3H3. The number of rotatable bonds is 3. The van der Waals surface area contributed by atoms with Gasteiger partial charge in [0.05, 0.1) is 0 Å². The number of piperidine rings is 1. The molecule has 0 spiro atoms. The second-order valence-electron chi connectivity index (χ2n) is 8.62. The summed E-state index contributed by atoms with van der Waals surface area (Å²) in [5, 5.41) is 0. The van der Waals surface area contributed by atoms with Gasteiger partial charge in [0.15, 0.2) is 0 Å². The second-order valence-corrected chi connectivity index (χ2v) is 9.54. The highest BCUT2D eigenvalue weighted by Gasteiger charge is 2.31. The van der Waals surface area contributed by atoms with Gasteiger partial charge in [-0.2, -0.15) is 0 Å². The molecule has 0 atom stereocenters. The first kappa shape index (κ1) is 21.0. The summed E-state index contributed by atoms with van der Waals surface area (Å²) in [7, 11) is 0. The predicted octanol–water partition coefficient (Wildman–Crippen LogP) is 4.73. The zero-order valence-corrected chi connectivity index (χ0v) is 18.6. The van der Waals surface area contributed by atoms with Crippen LogP contribution in [0.2, 0.25) is 0 Å². The summed E-state index contributed by atoms with van der Waals surface area (Å²) in [6, 6.07) is 7.97. The fourth-order valence-electron chi connectivity index (χ4n) is 3.77. The third-order valence-corrected chi connectivity index (χ3v) is 5.67. The Morgan fingerprint density at radius 2 is 1.89 bits per heavy atom. The molecule has 154 valence electrons. The molecule has 0 unspecified atom stereocenters. The summed E-state index contributed by atoms with van der Waals surface area (Å²) in [6.07, 6.45) is 2.54. The zero-order chi connectivity index (χ0) is 20.3. The van der Waals surface area contributed by atoms with Gasteiger partial charge in [-0.15, -0.1) is 0 Å². The summed E-state index contributed by atoms with van der Waals surface area (Å²) in [6.45, 7) is 9.35. The first-order valence-corrected chi connectivity index (χ1v) is 10.8. The van der Waals surface area contributed by atoms with Crippen molar-refractivity contribution in [2.24, 2.45) is 5.92 Å². The van der Waals surface area contributed by atoms with E-state index in [9.17, 15) is 9.59 Å². The van der Waals surface area contributed by atoms with Crippen molar-refractivity contribution < 1.29 is 14.3 Å². The van der Waals surface area contributed by atoms with E-state index in [1.54, 1.807) is 4.90 Å². The zero-order valence-electron chi connectivity index (χ0n) is 17.0. The minimum atomic E-state index is -0.468. The Labute approximate surface area is 175 Å². The monoisotopic (exact) mass is 451 g/mol. The maximum absolute atomic E-state index is 13.0. The fraction of sp³-hybridized carbons (Fsp3) is 0.619. The van der Waals surface area contributed by atoms with E-state index in [0.717, 1.165) is 49.1 Å². The number of hydrogen-bond acceptors (Lipinski definition) is 3. The number of halogens is 1. The number of benzene rings is 1. The molecule has 0 aliphatic carbocycles. The number of likely N-dealkylation sites (tertiary alicyclic amines) is 1. The van der Waals surface area contributed by atoms with E-state index in [-0.39, 0.29) is 12.1 Å². The number of amides is 3. The first-order valence-electron chi connectivity index (χ1n) is 10.0. The Morgan fingerprint density at radius 3 is 2.54 bits per heavy atom. The van der Waals surface area contributed by atoms with Gasteiger partial charge < -0.3 is 14.5 Å². The van der Waals surface area contributed by atoms with E-state index in [4.69, 9.17) is 4.74 Å². The highest BCUT2D eigenvalue weighted by molar-refractivity contribution is 9.10. The molecule has 3 amide bonds. The maximum Gasteiger partial charge on any atom is 0.410 e. The molecule has 0 radical (unpaired) electrons. The number of anilines is 1. The highest BCUT2D eigenvalue weighted by atomic mass is 79.9. The number of carbonyl (C=O) groups is 2. The fourth-order valence-corrected chi connectivity index (χ4v) is 4.16. The van der Waals surface area contributed by atoms with Crippen LogP contribution < -0.4 is 4.90 Å². The van der Waals surface area contributed by atoms with Crippen LogP contribution in [0.15, 0.2) is 28.7 Å². The lowest BCUT2D eigenvalue weighted by Crippen LogP contribution is -2.52. The van der Waals surface area contributed by atoms with Gasteiger partial charge in [0, 0.05) is 42.9 Å². The van der Waals surface area contributed by atoms with Crippen LogP contribution in [0.1, 0.15) is 40.0 Å². The van der Waals surface area contributed by atoms with E-state index in [2.05, 4.69) is 15.9 Å². The van der Waals surface area contributed by atoms with E-state index >= 15 is 0 Å². The average molecular weight is 452 g/mol. The molecule has 2 saturated heterocycles. The number of ether oxygens (including phenoxy) is 1. The second kappa shape index (κ2) is 8.72. The van der Waals surface area contributed by atoms with Crippen molar-refractivity contribution in [3.05, 3.63) is 28.7 Å². The molecule has 2 aliphatic rings. The molecule has 6 nitrogen and oxygen atoms in total. The molecule has 0 saturated carbocycles. The van der Waals surface area contributed by atoms with Gasteiger partial charge in [-0.05, 0) is 64.2 Å². The van der Waals surface area contributed by atoms with Crippen LogP contribution in [0.5, 0.6) is 0 Å². The van der Waals surface area contributed by atoms with Gasteiger partial charge in [0.1, 0.15) is 5.60 Å². The van der Waals surface area contributed by atoms with Crippen LogP contribution >= 0.6 is 15.9 Å². The Bertz CT molecular complexity index is 711. The lowest BCUT2D eigenvalue weighted by molar-refractivity contribution is 0.0173. The molecule has 0 bridgehead atoms. The third-order valence-electron chi connectivity index (χ3n) is 5.18. The molecule has 28 heavy (non-hydrogen) atoms. The van der Waals surface area contributed by atoms with Crippen LogP contribution in [0.4, 0.5) is 15.3 Å². The maximum atomic E-state index is 13.0. The quantitative estimate of drug-likeness (QED) is 0.667. The minimum Gasteiger partial charge on any atom is -0.444 e. The van der Waals surface area contributed by atoms with Gasteiger partial charge in [0.25, 0.3) is 0 Å². The van der Waals surface area contributed by atoms with Gasteiger partial charge >= 0.3 is 12.1 Å². The molecule has 0 N–H and O–H groups in total. The van der Waals surface area contributed by atoms with Gasteiger partial charge in [-0.3, -0.25) is 4.90 Å². The molecule has 3 rings (SSSR count). The Balaban J connectivity index is 1.53. The average Bonchev–Trinajstić information content (AvgIpc) is 2.62. The predicted molar refractivity (Wildman–Crippen MR) is 114 cm³/mol. The van der Waals surface area contributed by atoms with Crippen molar-refractivity contribution in [3.63, 3.8) is 0 Å². The van der Waals surface area contributed by atoms with E-state index in [1.165, 1.54) is 0 Å².